The molecule has 1 aliphatic rings. The standard InChI is InChI=1S/C45H32N2/c1-45(2)39-20-9-6-17-33(39)38-28-30(23-26-40(38)45)29-13-12-16-32(27-29)47-42-22-11-8-19-35(42)37-25-24-36-34-18-7-10-21-41(34)46(43(36)44(37)47)31-14-4-3-5-15-31/h3-28H,1-2H3. The van der Waals surface area contributed by atoms with E-state index in [1.54, 1.807) is 0 Å². The van der Waals surface area contributed by atoms with Crippen molar-refractivity contribution in [2.45, 2.75) is 19.3 Å². The van der Waals surface area contributed by atoms with E-state index in [1.165, 1.54) is 77.0 Å². The summed E-state index contributed by atoms with van der Waals surface area (Å²) in [7, 11) is 0. The first kappa shape index (κ1) is 26.4. The molecule has 2 heterocycles. The van der Waals surface area contributed by atoms with E-state index in [-0.39, 0.29) is 5.41 Å². The number of hydrogen-bond acceptors (Lipinski definition) is 0. The normalized spacial score (nSPS) is 13.5. The van der Waals surface area contributed by atoms with Gasteiger partial charge in [-0.3, -0.25) is 0 Å². The van der Waals surface area contributed by atoms with Crippen molar-refractivity contribution in [1.29, 1.82) is 0 Å². The molecule has 0 saturated carbocycles. The fraction of sp³-hybridized carbons (Fsp3) is 0.0667. The maximum absolute atomic E-state index is 2.49. The van der Waals surface area contributed by atoms with Crippen molar-refractivity contribution >= 4 is 43.6 Å². The fourth-order valence-corrected chi connectivity index (χ4v) is 8.34. The number of nitrogens with zero attached hydrogens (tertiary/aromatic N) is 2. The molecule has 2 aromatic heterocycles. The Hall–Kier alpha value is -5.86. The van der Waals surface area contributed by atoms with Gasteiger partial charge >= 0.3 is 0 Å². The molecule has 9 aromatic rings. The molecule has 0 radical (unpaired) electrons. The maximum atomic E-state index is 2.49. The van der Waals surface area contributed by atoms with Crippen molar-refractivity contribution in [2.24, 2.45) is 0 Å². The van der Waals surface area contributed by atoms with Crippen molar-refractivity contribution in [3.63, 3.8) is 0 Å². The molecule has 0 N–H and O–H groups in total. The van der Waals surface area contributed by atoms with Crippen LogP contribution < -0.4 is 0 Å². The van der Waals surface area contributed by atoms with Gasteiger partial charge in [-0.25, -0.2) is 0 Å². The minimum atomic E-state index is -0.00212. The summed E-state index contributed by atoms with van der Waals surface area (Å²) < 4.78 is 4.94. The molecule has 0 aliphatic heterocycles. The van der Waals surface area contributed by atoms with Gasteiger partial charge < -0.3 is 9.13 Å². The summed E-state index contributed by atoms with van der Waals surface area (Å²) in [6.07, 6.45) is 0. The molecule has 2 heteroatoms. The zero-order chi connectivity index (χ0) is 31.3. The second kappa shape index (κ2) is 9.57. The van der Waals surface area contributed by atoms with Crippen molar-refractivity contribution < 1.29 is 0 Å². The Balaban J connectivity index is 1.27. The molecule has 0 saturated heterocycles. The SMILES string of the molecule is CC1(C)c2ccccc2-c2cc(-c3cccc(-n4c5ccccc5c5ccc6c7ccccc7n(-c7ccccc7)c6c54)c3)ccc21. The van der Waals surface area contributed by atoms with E-state index in [1.807, 2.05) is 0 Å². The number of fused-ring (bicyclic) bond motifs is 10. The molecule has 0 atom stereocenters. The highest BCUT2D eigenvalue weighted by Gasteiger charge is 2.35. The highest BCUT2D eigenvalue weighted by atomic mass is 15.0. The quantitative estimate of drug-likeness (QED) is 0.191. The van der Waals surface area contributed by atoms with Crippen molar-refractivity contribution in [2.75, 3.05) is 0 Å². The predicted octanol–water partition coefficient (Wildman–Crippen LogP) is 11.9. The Morgan fingerprint density at radius 3 is 1.66 bits per heavy atom. The lowest BCUT2D eigenvalue weighted by Crippen LogP contribution is -2.14. The Morgan fingerprint density at radius 1 is 0.383 bits per heavy atom. The van der Waals surface area contributed by atoms with Crippen molar-refractivity contribution in [3.05, 3.63) is 169 Å². The Kier molecular flexibility index (Phi) is 5.37. The van der Waals surface area contributed by atoms with Gasteiger partial charge in [-0.1, -0.05) is 129 Å². The first-order valence-corrected chi connectivity index (χ1v) is 16.5. The Morgan fingerprint density at radius 2 is 0.936 bits per heavy atom. The minimum Gasteiger partial charge on any atom is -0.307 e. The van der Waals surface area contributed by atoms with Crippen LogP contribution in [0.25, 0.3) is 77.2 Å². The third kappa shape index (κ3) is 3.61. The summed E-state index contributed by atoms with van der Waals surface area (Å²) in [6, 6.07) is 58.1. The van der Waals surface area contributed by atoms with E-state index in [4.69, 9.17) is 0 Å². The van der Waals surface area contributed by atoms with Gasteiger partial charge in [0.25, 0.3) is 0 Å². The van der Waals surface area contributed by atoms with E-state index in [9.17, 15) is 0 Å². The van der Waals surface area contributed by atoms with Crippen molar-refractivity contribution in [1.82, 2.24) is 9.13 Å². The number of benzene rings is 7. The maximum Gasteiger partial charge on any atom is 0.0788 e. The summed E-state index contributed by atoms with van der Waals surface area (Å²) in [5.74, 6) is 0. The smallest absolute Gasteiger partial charge is 0.0788 e. The van der Waals surface area contributed by atoms with Crippen LogP contribution in [0.15, 0.2) is 158 Å². The molecule has 47 heavy (non-hydrogen) atoms. The molecule has 0 spiro atoms. The van der Waals surface area contributed by atoms with Gasteiger partial charge in [0.15, 0.2) is 0 Å². The van der Waals surface area contributed by atoms with Crippen LogP contribution in [0.2, 0.25) is 0 Å². The third-order valence-electron chi connectivity index (χ3n) is 10.5. The van der Waals surface area contributed by atoms with Crippen LogP contribution >= 0.6 is 0 Å². The van der Waals surface area contributed by atoms with Gasteiger partial charge in [0.05, 0.1) is 22.1 Å². The summed E-state index contributed by atoms with van der Waals surface area (Å²) in [4.78, 5) is 0. The van der Waals surface area contributed by atoms with E-state index in [2.05, 4.69) is 181 Å². The van der Waals surface area contributed by atoms with Crippen LogP contribution in [0.4, 0.5) is 0 Å². The lowest BCUT2D eigenvalue weighted by atomic mass is 9.82. The zero-order valence-electron chi connectivity index (χ0n) is 26.4. The van der Waals surface area contributed by atoms with Crippen LogP contribution in [0.1, 0.15) is 25.0 Å². The largest absolute Gasteiger partial charge is 0.307 e. The first-order valence-electron chi connectivity index (χ1n) is 16.5. The van der Waals surface area contributed by atoms with Crippen LogP contribution in [0.3, 0.4) is 0 Å². The van der Waals surface area contributed by atoms with Gasteiger partial charge in [0.2, 0.25) is 0 Å². The van der Waals surface area contributed by atoms with Gasteiger partial charge in [-0.05, 0) is 75.8 Å². The summed E-state index contributed by atoms with van der Waals surface area (Å²) in [5.41, 5.74) is 15.2. The molecule has 10 rings (SSSR count). The number of aromatic nitrogens is 2. The van der Waals surface area contributed by atoms with Crippen LogP contribution in [0, 0.1) is 0 Å². The number of para-hydroxylation sites is 3. The predicted molar refractivity (Wildman–Crippen MR) is 198 cm³/mol. The van der Waals surface area contributed by atoms with E-state index in [0.29, 0.717) is 0 Å². The Bertz CT molecular complexity index is 2700. The Labute approximate surface area is 273 Å². The molecule has 7 aromatic carbocycles. The number of hydrogen-bond donors (Lipinski definition) is 0. The molecule has 0 fully saturated rings. The van der Waals surface area contributed by atoms with E-state index >= 15 is 0 Å². The summed E-state index contributed by atoms with van der Waals surface area (Å²) in [5, 5.41) is 5.04. The van der Waals surface area contributed by atoms with Gasteiger partial charge in [0.1, 0.15) is 0 Å². The molecular weight excluding hydrogens is 569 g/mol. The van der Waals surface area contributed by atoms with Crippen LogP contribution in [-0.2, 0) is 5.41 Å². The lowest BCUT2D eigenvalue weighted by molar-refractivity contribution is 0.660. The summed E-state index contributed by atoms with van der Waals surface area (Å²) >= 11 is 0. The zero-order valence-corrected chi connectivity index (χ0v) is 26.4. The van der Waals surface area contributed by atoms with E-state index < -0.39 is 0 Å². The van der Waals surface area contributed by atoms with Crippen LogP contribution in [-0.4, -0.2) is 9.13 Å². The molecule has 2 nitrogen and oxygen atoms in total. The molecule has 0 amide bonds. The fourth-order valence-electron chi connectivity index (χ4n) is 8.34. The van der Waals surface area contributed by atoms with Crippen molar-refractivity contribution in [3.8, 4) is 33.6 Å². The average Bonchev–Trinajstić information content (AvgIpc) is 3.72. The second-order valence-corrected chi connectivity index (χ2v) is 13.4. The average molecular weight is 601 g/mol. The topological polar surface area (TPSA) is 9.86 Å². The minimum absolute atomic E-state index is 0.00212. The third-order valence-corrected chi connectivity index (χ3v) is 10.5. The van der Waals surface area contributed by atoms with E-state index in [0.717, 1.165) is 11.4 Å². The van der Waals surface area contributed by atoms with Gasteiger partial charge in [-0.2, -0.15) is 0 Å². The lowest BCUT2D eigenvalue weighted by Gasteiger charge is -2.21. The highest BCUT2D eigenvalue weighted by molar-refractivity contribution is 6.23. The molecule has 222 valence electrons. The second-order valence-electron chi connectivity index (χ2n) is 13.4. The molecule has 0 unspecified atom stereocenters. The summed E-state index contributed by atoms with van der Waals surface area (Å²) in [6.45, 7) is 4.69. The van der Waals surface area contributed by atoms with Gasteiger partial charge in [-0.15, -0.1) is 0 Å². The number of rotatable bonds is 3. The molecule has 1 aliphatic carbocycles. The molecular formula is C45H32N2. The highest BCUT2D eigenvalue weighted by Crippen LogP contribution is 2.49. The first-order chi connectivity index (χ1) is 23.1. The monoisotopic (exact) mass is 600 g/mol. The van der Waals surface area contributed by atoms with Crippen LogP contribution in [0.5, 0.6) is 0 Å². The molecule has 0 bridgehead atoms. The van der Waals surface area contributed by atoms with Gasteiger partial charge in [0, 0.05) is 38.3 Å².